The van der Waals surface area contributed by atoms with Crippen molar-refractivity contribution in [3.8, 4) is 5.75 Å². The van der Waals surface area contributed by atoms with Crippen molar-refractivity contribution in [2.24, 2.45) is 0 Å². The SMILES string of the molecule is Cc1cc(C)c2c(c1)OC(Cl)(Cl)C(=O)C2. The van der Waals surface area contributed by atoms with Crippen LogP contribution in [0.25, 0.3) is 0 Å². The van der Waals surface area contributed by atoms with E-state index in [-0.39, 0.29) is 12.2 Å². The van der Waals surface area contributed by atoms with Crippen molar-refractivity contribution >= 4 is 29.0 Å². The number of carbonyl (C=O) groups excluding carboxylic acids is 1. The van der Waals surface area contributed by atoms with Crippen LogP contribution in [0.5, 0.6) is 5.75 Å². The van der Waals surface area contributed by atoms with E-state index in [1.807, 2.05) is 26.0 Å². The van der Waals surface area contributed by atoms with Crippen LogP contribution < -0.4 is 4.74 Å². The minimum absolute atomic E-state index is 0.231. The number of halogens is 2. The predicted octanol–water partition coefficient (Wildman–Crippen LogP) is 2.94. The lowest BCUT2D eigenvalue weighted by atomic mass is 9.98. The Morgan fingerprint density at radius 3 is 2.67 bits per heavy atom. The molecule has 0 N–H and O–H groups in total. The van der Waals surface area contributed by atoms with Gasteiger partial charge < -0.3 is 4.74 Å². The molecule has 4 heteroatoms. The Kier molecular flexibility index (Phi) is 2.44. The quantitative estimate of drug-likeness (QED) is 0.657. The minimum atomic E-state index is -1.73. The molecule has 15 heavy (non-hydrogen) atoms. The van der Waals surface area contributed by atoms with Crippen LogP contribution in [-0.4, -0.2) is 10.3 Å². The van der Waals surface area contributed by atoms with Gasteiger partial charge in [0, 0.05) is 12.0 Å². The molecule has 1 heterocycles. The summed E-state index contributed by atoms with van der Waals surface area (Å²) >= 11 is 11.5. The summed E-state index contributed by atoms with van der Waals surface area (Å²) in [5, 5.41) is 0. The standard InChI is InChI=1S/C11H10Cl2O2/c1-6-3-7(2)8-5-10(14)11(12,13)15-9(8)4-6/h3-4H,5H2,1-2H3. The van der Waals surface area contributed by atoms with Crippen molar-refractivity contribution in [2.45, 2.75) is 24.8 Å². The van der Waals surface area contributed by atoms with Crippen LogP contribution in [0.3, 0.4) is 0 Å². The maximum absolute atomic E-state index is 11.5. The number of hydrogen-bond donors (Lipinski definition) is 0. The fraction of sp³-hybridized carbons (Fsp3) is 0.364. The van der Waals surface area contributed by atoms with Crippen molar-refractivity contribution < 1.29 is 9.53 Å². The highest BCUT2D eigenvalue weighted by molar-refractivity contribution is 6.57. The zero-order chi connectivity index (χ0) is 11.2. The number of Topliss-reactive ketones (excluding diaryl/α,β-unsaturated/α-hetero) is 1. The average molecular weight is 245 g/mol. The van der Waals surface area contributed by atoms with Gasteiger partial charge in [-0.2, -0.15) is 0 Å². The maximum Gasteiger partial charge on any atom is 0.318 e. The molecule has 1 aromatic carbocycles. The lowest BCUT2D eigenvalue weighted by Gasteiger charge is -2.28. The lowest BCUT2D eigenvalue weighted by molar-refractivity contribution is -0.124. The molecule has 1 aliphatic rings. The third kappa shape index (κ3) is 1.84. The van der Waals surface area contributed by atoms with Gasteiger partial charge in [0.05, 0.1) is 0 Å². The summed E-state index contributed by atoms with van der Waals surface area (Å²) in [5.74, 6) is 0.294. The number of hydrogen-bond acceptors (Lipinski definition) is 2. The number of benzene rings is 1. The van der Waals surface area contributed by atoms with Gasteiger partial charge in [-0.3, -0.25) is 4.79 Å². The minimum Gasteiger partial charge on any atom is -0.451 e. The van der Waals surface area contributed by atoms with E-state index in [1.54, 1.807) is 0 Å². The molecule has 1 aliphatic heterocycles. The molecule has 0 radical (unpaired) electrons. The molecule has 0 spiro atoms. The zero-order valence-corrected chi connectivity index (χ0v) is 9.95. The van der Waals surface area contributed by atoms with Gasteiger partial charge in [-0.25, -0.2) is 0 Å². The van der Waals surface area contributed by atoms with Gasteiger partial charge in [0.1, 0.15) is 5.75 Å². The molecule has 0 saturated heterocycles. The molecule has 0 aliphatic carbocycles. The van der Waals surface area contributed by atoms with Gasteiger partial charge >= 0.3 is 4.52 Å². The highest BCUT2D eigenvalue weighted by atomic mass is 35.5. The first-order chi connectivity index (χ1) is 6.90. The average Bonchev–Trinajstić information content (AvgIpc) is 2.08. The van der Waals surface area contributed by atoms with Crippen molar-refractivity contribution in [3.63, 3.8) is 0 Å². The van der Waals surface area contributed by atoms with Crippen molar-refractivity contribution in [1.29, 1.82) is 0 Å². The molecule has 0 saturated carbocycles. The fourth-order valence-electron chi connectivity index (χ4n) is 1.73. The van der Waals surface area contributed by atoms with E-state index >= 15 is 0 Å². The second-order valence-electron chi connectivity index (χ2n) is 3.78. The van der Waals surface area contributed by atoms with Crippen LogP contribution in [-0.2, 0) is 11.2 Å². The van der Waals surface area contributed by atoms with Crippen LogP contribution in [0.15, 0.2) is 12.1 Å². The molecule has 2 nitrogen and oxygen atoms in total. The molecule has 0 bridgehead atoms. The number of rotatable bonds is 0. The molecule has 0 atom stereocenters. The number of alkyl halides is 2. The summed E-state index contributed by atoms with van der Waals surface area (Å²) in [4.78, 5) is 11.5. The Bertz CT molecular complexity index is 438. The molecule has 80 valence electrons. The fourth-order valence-corrected chi connectivity index (χ4v) is 2.03. The Morgan fingerprint density at radius 1 is 1.33 bits per heavy atom. The number of ketones is 1. The van der Waals surface area contributed by atoms with E-state index in [2.05, 4.69) is 0 Å². The van der Waals surface area contributed by atoms with E-state index in [0.29, 0.717) is 5.75 Å². The summed E-state index contributed by atoms with van der Waals surface area (Å²) in [6, 6.07) is 3.85. The highest BCUT2D eigenvalue weighted by Gasteiger charge is 2.41. The van der Waals surface area contributed by atoms with Crippen molar-refractivity contribution in [1.82, 2.24) is 0 Å². The van der Waals surface area contributed by atoms with Gasteiger partial charge in [0.25, 0.3) is 0 Å². The van der Waals surface area contributed by atoms with Gasteiger partial charge in [-0.1, -0.05) is 6.07 Å². The number of carbonyl (C=O) groups is 1. The number of aryl methyl sites for hydroxylation is 2. The first kappa shape index (κ1) is 10.8. The summed E-state index contributed by atoms with van der Waals surface area (Å²) < 4.78 is 3.55. The van der Waals surface area contributed by atoms with Gasteiger partial charge in [-0.15, -0.1) is 0 Å². The molecular formula is C11H10Cl2O2. The predicted molar refractivity (Wildman–Crippen MR) is 59.7 cm³/mol. The van der Waals surface area contributed by atoms with E-state index in [9.17, 15) is 4.79 Å². The number of ether oxygens (including phenoxy) is 1. The van der Waals surface area contributed by atoms with Crippen LogP contribution in [0.4, 0.5) is 0 Å². The second-order valence-corrected chi connectivity index (χ2v) is 5.04. The first-order valence-corrected chi connectivity index (χ1v) is 5.36. The van der Waals surface area contributed by atoms with Crippen LogP contribution in [0.2, 0.25) is 0 Å². The lowest BCUT2D eigenvalue weighted by Crippen LogP contribution is -2.38. The molecule has 0 aromatic heterocycles. The molecule has 0 fully saturated rings. The van der Waals surface area contributed by atoms with Gasteiger partial charge in [0.15, 0.2) is 0 Å². The van der Waals surface area contributed by atoms with Crippen molar-refractivity contribution in [2.75, 3.05) is 0 Å². The Labute approximate surface area is 98.1 Å². The molecule has 1 aromatic rings. The second kappa shape index (κ2) is 3.39. The van der Waals surface area contributed by atoms with Crippen LogP contribution in [0, 0.1) is 13.8 Å². The normalized spacial score (nSPS) is 18.3. The Hall–Kier alpha value is -0.730. The maximum atomic E-state index is 11.5. The summed E-state index contributed by atoms with van der Waals surface area (Å²) in [6.45, 7) is 3.90. The zero-order valence-electron chi connectivity index (χ0n) is 8.43. The van der Waals surface area contributed by atoms with Crippen molar-refractivity contribution in [3.05, 3.63) is 28.8 Å². The first-order valence-electron chi connectivity index (χ1n) is 4.60. The number of fused-ring (bicyclic) bond motifs is 1. The Balaban J connectivity index is 2.55. The molecule has 0 amide bonds. The van der Waals surface area contributed by atoms with Gasteiger partial charge in [-0.05, 0) is 54.2 Å². The molecular weight excluding hydrogens is 235 g/mol. The van der Waals surface area contributed by atoms with E-state index in [1.165, 1.54) is 0 Å². The largest absolute Gasteiger partial charge is 0.451 e. The summed E-state index contributed by atoms with van der Waals surface area (Å²) in [6.07, 6.45) is 0.231. The van der Waals surface area contributed by atoms with Gasteiger partial charge in [0.2, 0.25) is 5.78 Å². The molecule has 0 unspecified atom stereocenters. The van der Waals surface area contributed by atoms with E-state index < -0.39 is 4.52 Å². The third-order valence-corrected chi connectivity index (χ3v) is 3.05. The highest BCUT2D eigenvalue weighted by Crippen LogP contribution is 2.38. The van der Waals surface area contributed by atoms with Crippen LogP contribution >= 0.6 is 23.2 Å². The summed E-state index contributed by atoms with van der Waals surface area (Å²) in [7, 11) is 0. The smallest absolute Gasteiger partial charge is 0.318 e. The van der Waals surface area contributed by atoms with E-state index in [4.69, 9.17) is 27.9 Å². The van der Waals surface area contributed by atoms with E-state index in [0.717, 1.165) is 16.7 Å². The van der Waals surface area contributed by atoms with Crippen LogP contribution in [0.1, 0.15) is 16.7 Å². The summed E-state index contributed by atoms with van der Waals surface area (Å²) in [5.41, 5.74) is 2.97. The monoisotopic (exact) mass is 244 g/mol. The third-order valence-electron chi connectivity index (χ3n) is 2.48. The molecule has 2 rings (SSSR count). The topological polar surface area (TPSA) is 26.3 Å². The Morgan fingerprint density at radius 2 is 2.00 bits per heavy atom.